The summed E-state index contributed by atoms with van der Waals surface area (Å²) in [7, 11) is 0. The van der Waals surface area contributed by atoms with Crippen LogP contribution in [0.15, 0.2) is 174 Å². The van der Waals surface area contributed by atoms with Gasteiger partial charge in [-0.3, -0.25) is 0 Å². The molecule has 0 bridgehead atoms. The SMILES string of the molecule is c1ccc2cc(-c3cc(-c4ccc5ccccc5c4)c4cc(-c5ccc(-c6nc7ccccc7o6)cc5)c5ccccc5c4n3)ccc2c1. The highest BCUT2D eigenvalue weighted by Gasteiger charge is 2.17. The second-order valence-electron chi connectivity index (χ2n) is 12.6. The van der Waals surface area contributed by atoms with Gasteiger partial charge in [-0.15, -0.1) is 0 Å². The number of fused-ring (bicyclic) bond motifs is 6. The fraction of sp³-hybridized carbons (Fsp3) is 0. The van der Waals surface area contributed by atoms with Crippen LogP contribution < -0.4 is 0 Å². The van der Waals surface area contributed by atoms with Gasteiger partial charge in [-0.25, -0.2) is 9.97 Å². The van der Waals surface area contributed by atoms with E-state index in [-0.39, 0.29) is 0 Å². The van der Waals surface area contributed by atoms with E-state index in [4.69, 9.17) is 14.4 Å². The highest BCUT2D eigenvalue weighted by molar-refractivity contribution is 6.16. The van der Waals surface area contributed by atoms with E-state index in [0.29, 0.717) is 5.89 Å². The Bertz CT molecular complexity index is 2850. The standard InChI is InChI=1S/C46H28N2O/c1-3-11-33-25-35(23-17-29(33)9-1)40-28-43(36-24-18-30-10-2-4-12-34(30)26-36)47-45-38-14-6-5-13-37(38)39(27-41(40)45)31-19-21-32(22-20-31)46-48-42-15-7-8-16-44(42)49-46/h1-28H. The van der Waals surface area contributed by atoms with E-state index in [1.54, 1.807) is 0 Å². The van der Waals surface area contributed by atoms with Crippen LogP contribution in [-0.4, -0.2) is 9.97 Å². The molecule has 0 atom stereocenters. The molecular formula is C46H28N2O. The molecule has 0 unspecified atom stereocenters. The molecule has 0 radical (unpaired) electrons. The molecule has 8 aromatic carbocycles. The third-order valence-corrected chi connectivity index (χ3v) is 9.66. The molecule has 0 aliphatic rings. The third-order valence-electron chi connectivity index (χ3n) is 9.66. The lowest BCUT2D eigenvalue weighted by atomic mass is 9.90. The average Bonchev–Trinajstić information content (AvgIpc) is 3.61. The van der Waals surface area contributed by atoms with Crippen molar-refractivity contribution in [1.29, 1.82) is 0 Å². The number of oxazole rings is 1. The molecule has 0 aliphatic carbocycles. The molecule has 3 nitrogen and oxygen atoms in total. The summed E-state index contributed by atoms with van der Waals surface area (Å²) in [5.74, 6) is 0.625. The van der Waals surface area contributed by atoms with E-state index < -0.39 is 0 Å². The predicted octanol–water partition coefficient (Wildman–Crippen LogP) is 12.5. The Morgan fingerprint density at radius 2 is 0.939 bits per heavy atom. The van der Waals surface area contributed by atoms with Gasteiger partial charge in [0, 0.05) is 21.9 Å². The monoisotopic (exact) mass is 624 g/mol. The van der Waals surface area contributed by atoms with Gasteiger partial charge in [0.15, 0.2) is 5.58 Å². The van der Waals surface area contributed by atoms with Crippen molar-refractivity contribution in [2.75, 3.05) is 0 Å². The normalized spacial score (nSPS) is 11.7. The van der Waals surface area contributed by atoms with Crippen LogP contribution in [0, 0.1) is 0 Å². The number of hydrogen-bond acceptors (Lipinski definition) is 3. The summed E-state index contributed by atoms with van der Waals surface area (Å²) in [5, 5.41) is 8.28. The molecule has 0 N–H and O–H groups in total. The van der Waals surface area contributed by atoms with Gasteiger partial charge in [0.2, 0.25) is 5.89 Å². The summed E-state index contributed by atoms with van der Waals surface area (Å²) in [6.07, 6.45) is 0. The molecular weight excluding hydrogens is 597 g/mol. The van der Waals surface area contributed by atoms with Crippen LogP contribution in [0.2, 0.25) is 0 Å². The Kier molecular flexibility index (Phi) is 6.18. The van der Waals surface area contributed by atoms with Crippen molar-refractivity contribution >= 4 is 54.3 Å². The van der Waals surface area contributed by atoms with Gasteiger partial charge in [-0.1, -0.05) is 121 Å². The molecule has 0 saturated carbocycles. The maximum absolute atomic E-state index is 6.07. The first-order valence-corrected chi connectivity index (χ1v) is 16.6. The molecule has 0 saturated heterocycles. The van der Waals surface area contributed by atoms with Crippen LogP contribution in [0.4, 0.5) is 0 Å². The number of pyridine rings is 1. The molecule has 10 aromatic rings. The van der Waals surface area contributed by atoms with Crippen LogP contribution in [0.25, 0.3) is 99.3 Å². The number of aromatic nitrogens is 2. The maximum atomic E-state index is 6.07. The van der Waals surface area contributed by atoms with Crippen molar-refractivity contribution in [3.8, 4) is 45.0 Å². The third kappa shape index (κ3) is 4.67. The fourth-order valence-corrected chi connectivity index (χ4v) is 7.17. The molecule has 10 rings (SSSR count). The molecule has 49 heavy (non-hydrogen) atoms. The molecule has 2 heterocycles. The second kappa shape index (κ2) is 11.0. The minimum absolute atomic E-state index is 0.625. The largest absolute Gasteiger partial charge is 0.436 e. The van der Waals surface area contributed by atoms with Crippen LogP contribution >= 0.6 is 0 Å². The van der Waals surface area contributed by atoms with Crippen LogP contribution in [0.5, 0.6) is 0 Å². The Hall–Kier alpha value is -6.58. The van der Waals surface area contributed by atoms with Crippen LogP contribution in [0.3, 0.4) is 0 Å². The number of hydrogen-bond donors (Lipinski definition) is 0. The van der Waals surface area contributed by atoms with Gasteiger partial charge >= 0.3 is 0 Å². The molecule has 0 spiro atoms. The molecule has 0 amide bonds. The maximum Gasteiger partial charge on any atom is 0.227 e. The van der Waals surface area contributed by atoms with Gasteiger partial charge in [-0.05, 0) is 97.7 Å². The summed E-state index contributed by atoms with van der Waals surface area (Å²) >= 11 is 0. The lowest BCUT2D eigenvalue weighted by molar-refractivity contribution is 0.620. The summed E-state index contributed by atoms with van der Waals surface area (Å²) in [4.78, 5) is 10.1. The topological polar surface area (TPSA) is 38.9 Å². The summed E-state index contributed by atoms with van der Waals surface area (Å²) in [6.45, 7) is 0. The number of benzene rings is 8. The van der Waals surface area contributed by atoms with Gasteiger partial charge in [0.25, 0.3) is 0 Å². The molecule has 0 fully saturated rings. The van der Waals surface area contributed by atoms with Gasteiger partial charge < -0.3 is 4.42 Å². The Morgan fingerprint density at radius 3 is 1.69 bits per heavy atom. The van der Waals surface area contributed by atoms with Crippen LogP contribution in [-0.2, 0) is 0 Å². The van der Waals surface area contributed by atoms with Crippen molar-refractivity contribution in [3.05, 3.63) is 170 Å². The molecule has 228 valence electrons. The van der Waals surface area contributed by atoms with E-state index in [9.17, 15) is 0 Å². The van der Waals surface area contributed by atoms with Crippen LogP contribution in [0.1, 0.15) is 0 Å². The summed E-state index contributed by atoms with van der Waals surface area (Å²) in [5.41, 5.74) is 10.3. The minimum Gasteiger partial charge on any atom is -0.436 e. The first kappa shape index (κ1) is 27.5. The smallest absolute Gasteiger partial charge is 0.227 e. The zero-order valence-corrected chi connectivity index (χ0v) is 26.5. The first-order valence-electron chi connectivity index (χ1n) is 16.6. The summed E-state index contributed by atoms with van der Waals surface area (Å²) < 4.78 is 6.07. The minimum atomic E-state index is 0.625. The zero-order valence-electron chi connectivity index (χ0n) is 26.5. The number of nitrogens with zero attached hydrogens (tertiary/aromatic N) is 2. The average molecular weight is 625 g/mol. The van der Waals surface area contributed by atoms with E-state index in [1.807, 2.05) is 24.3 Å². The van der Waals surface area contributed by atoms with Crippen molar-refractivity contribution in [2.24, 2.45) is 0 Å². The van der Waals surface area contributed by atoms with Crippen molar-refractivity contribution in [1.82, 2.24) is 9.97 Å². The predicted molar refractivity (Wildman–Crippen MR) is 204 cm³/mol. The quantitative estimate of drug-likeness (QED) is 0.183. The summed E-state index contributed by atoms with van der Waals surface area (Å²) in [6, 6.07) is 60.1. The van der Waals surface area contributed by atoms with E-state index in [2.05, 4.69) is 146 Å². The van der Waals surface area contributed by atoms with Crippen molar-refractivity contribution in [3.63, 3.8) is 0 Å². The Balaban J connectivity index is 1.21. The second-order valence-corrected chi connectivity index (χ2v) is 12.6. The van der Waals surface area contributed by atoms with Crippen molar-refractivity contribution in [2.45, 2.75) is 0 Å². The van der Waals surface area contributed by atoms with Gasteiger partial charge in [0.05, 0.1) is 11.2 Å². The molecule has 3 heteroatoms. The van der Waals surface area contributed by atoms with E-state index in [1.165, 1.54) is 27.1 Å². The molecule has 0 aliphatic heterocycles. The van der Waals surface area contributed by atoms with E-state index in [0.717, 1.165) is 66.3 Å². The fourth-order valence-electron chi connectivity index (χ4n) is 7.17. The lowest BCUT2D eigenvalue weighted by Gasteiger charge is -2.16. The number of rotatable bonds is 4. The van der Waals surface area contributed by atoms with Gasteiger partial charge in [-0.2, -0.15) is 0 Å². The van der Waals surface area contributed by atoms with E-state index >= 15 is 0 Å². The van der Waals surface area contributed by atoms with Gasteiger partial charge in [0.1, 0.15) is 5.52 Å². The highest BCUT2D eigenvalue weighted by atomic mass is 16.3. The van der Waals surface area contributed by atoms with Crippen molar-refractivity contribution < 1.29 is 4.42 Å². The lowest BCUT2D eigenvalue weighted by Crippen LogP contribution is -1.93. The highest BCUT2D eigenvalue weighted by Crippen LogP contribution is 2.41. The number of para-hydroxylation sites is 2. The molecule has 2 aromatic heterocycles. The first-order chi connectivity index (χ1) is 24.2. The zero-order chi connectivity index (χ0) is 32.3. The Labute approximate surface area is 282 Å². The Morgan fingerprint density at radius 1 is 0.367 bits per heavy atom.